The first kappa shape index (κ1) is 10.5. The first-order valence-electron chi connectivity index (χ1n) is 5.09. The normalized spacial score (nSPS) is 28.7. The van der Waals surface area contributed by atoms with Crippen LogP contribution in [0.4, 0.5) is 0 Å². The van der Waals surface area contributed by atoms with Crippen LogP contribution in [0.2, 0.25) is 0 Å². The van der Waals surface area contributed by atoms with E-state index in [1.807, 2.05) is 0 Å². The average molecular weight is 179 g/mol. The fourth-order valence-electron chi connectivity index (χ4n) is 1.98. The summed E-state index contributed by atoms with van der Waals surface area (Å²) < 4.78 is 0. The zero-order chi connectivity index (χ0) is 10.0. The van der Waals surface area contributed by atoms with Gasteiger partial charge in [0.05, 0.1) is 0 Å². The lowest BCUT2D eigenvalue weighted by Gasteiger charge is -2.47. The van der Waals surface area contributed by atoms with Gasteiger partial charge in [0.1, 0.15) is 0 Å². The molecule has 0 aliphatic carbocycles. The van der Waals surface area contributed by atoms with Crippen LogP contribution in [0.25, 0.3) is 0 Å². The molecule has 0 aromatic rings. The number of allylic oxidation sites excluding steroid dienone is 1. The van der Waals surface area contributed by atoms with Crippen LogP contribution in [-0.2, 0) is 0 Å². The fraction of sp³-hybridized carbons (Fsp3) is 0.667. The summed E-state index contributed by atoms with van der Waals surface area (Å²) in [5.41, 5.74) is 2.70. The highest BCUT2D eigenvalue weighted by atomic mass is 15.2. The van der Waals surface area contributed by atoms with E-state index in [2.05, 4.69) is 39.0 Å². The summed E-state index contributed by atoms with van der Waals surface area (Å²) in [6.07, 6.45) is 3.65. The smallest absolute Gasteiger partial charge is 0.0323 e. The molecule has 1 aliphatic heterocycles. The number of likely N-dealkylation sites (tertiary alicyclic amines) is 1. The van der Waals surface area contributed by atoms with E-state index >= 15 is 0 Å². The van der Waals surface area contributed by atoms with Gasteiger partial charge in [-0.3, -0.25) is 4.90 Å². The molecule has 1 saturated heterocycles. The predicted octanol–water partition coefficient (Wildman–Crippen LogP) is 2.99. The Labute approximate surface area is 82.1 Å². The van der Waals surface area contributed by atoms with Crippen molar-refractivity contribution < 1.29 is 0 Å². The Kier molecular flexibility index (Phi) is 3.32. The Morgan fingerprint density at radius 2 is 2.15 bits per heavy atom. The Morgan fingerprint density at radius 3 is 2.62 bits per heavy atom. The molecule has 74 valence electrons. The minimum atomic E-state index is 0.592. The van der Waals surface area contributed by atoms with E-state index in [1.54, 1.807) is 0 Å². The number of hydrogen-bond acceptors (Lipinski definition) is 1. The minimum Gasteiger partial charge on any atom is -0.293 e. The number of nitrogens with zero attached hydrogens (tertiary/aromatic N) is 1. The second-order valence-corrected chi connectivity index (χ2v) is 4.28. The molecule has 0 aromatic heterocycles. The second kappa shape index (κ2) is 4.10. The Balaban J connectivity index is 2.23. The van der Waals surface area contributed by atoms with E-state index < -0.39 is 0 Å². The third-order valence-electron chi connectivity index (χ3n) is 3.15. The minimum absolute atomic E-state index is 0.592. The van der Waals surface area contributed by atoms with Gasteiger partial charge >= 0.3 is 0 Å². The molecule has 2 atom stereocenters. The number of likely N-dealkylation sites (N-methyl/N-ethyl adjacent to an activating group) is 1. The van der Waals surface area contributed by atoms with Gasteiger partial charge in [-0.25, -0.2) is 0 Å². The summed E-state index contributed by atoms with van der Waals surface area (Å²) in [7, 11) is 2.19. The van der Waals surface area contributed by atoms with Gasteiger partial charge < -0.3 is 0 Å². The van der Waals surface area contributed by atoms with Gasteiger partial charge in [-0.2, -0.15) is 0 Å². The van der Waals surface area contributed by atoms with Crippen molar-refractivity contribution in [3.05, 3.63) is 24.3 Å². The molecule has 0 radical (unpaired) electrons. The molecule has 1 fully saturated rings. The van der Waals surface area contributed by atoms with Crippen LogP contribution in [0.3, 0.4) is 0 Å². The maximum absolute atomic E-state index is 4.11. The zero-order valence-electron chi connectivity index (χ0n) is 9.14. The average Bonchev–Trinajstić information content (AvgIpc) is 2.10. The van der Waals surface area contributed by atoms with Crippen molar-refractivity contribution in [2.45, 2.75) is 45.2 Å². The molecule has 0 amide bonds. The summed E-state index contributed by atoms with van der Waals surface area (Å²) in [4.78, 5) is 2.40. The van der Waals surface area contributed by atoms with Gasteiger partial charge in [0.15, 0.2) is 0 Å². The molecule has 0 aromatic carbocycles. The van der Waals surface area contributed by atoms with Crippen LogP contribution in [0.1, 0.15) is 33.1 Å². The van der Waals surface area contributed by atoms with E-state index in [9.17, 15) is 0 Å². The SMILES string of the molecule is C=C(C)CCCC1C(=C)C(C)N1C. The summed E-state index contributed by atoms with van der Waals surface area (Å²) in [6.45, 7) is 12.3. The van der Waals surface area contributed by atoms with Gasteiger partial charge in [0.25, 0.3) is 0 Å². The lowest BCUT2D eigenvalue weighted by atomic mass is 9.86. The molecular formula is C12H21N. The molecule has 1 heterocycles. The van der Waals surface area contributed by atoms with E-state index in [1.165, 1.54) is 24.0 Å². The Morgan fingerprint density at radius 1 is 1.54 bits per heavy atom. The van der Waals surface area contributed by atoms with Crippen molar-refractivity contribution in [2.75, 3.05) is 7.05 Å². The van der Waals surface area contributed by atoms with E-state index in [4.69, 9.17) is 0 Å². The first-order chi connectivity index (χ1) is 6.04. The molecular weight excluding hydrogens is 158 g/mol. The highest BCUT2D eigenvalue weighted by molar-refractivity contribution is 5.23. The number of rotatable bonds is 4. The summed E-state index contributed by atoms with van der Waals surface area (Å²) in [5, 5.41) is 0. The van der Waals surface area contributed by atoms with Gasteiger partial charge in [-0.15, -0.1) is 6.58 Å². The quantitative estimate of drug-likeness (QED) is 0.600. The topological polar surface area (TPSA) is 3.24 Å². The highest BCUT2D eigenvalue weighted by Crippen LogP contribution is 2.31. The highest BCUT2D eigenvalue weighted by Gasteiger charge is 2.34. The van der Waals surface area contributed by atoms with Crippen molar-refractivity contribution in [1.29, 1.82) is 0 Å². The van der Waals surface area contributed by atoms with Crippen molar-refractivity contribution >= 4 is 0 Å². The molecule has 0 spiro atoms. The van der Waals surface area contributed by atoms with Crippen LogP contribution < -0.4 is 0 Å². The van der Waals surface area contributed by atoms with Crippen molar-refractivity contribution in [3.8, 4) is 0 Å². The fourth-order valence-corrected chi connectivity index (χ4v) is 1.98. The van der Waals surface area contributed by atoms with Gasteiger partial charge in [-0.1, -0.05) is 12.2 Å². The van der Waals surface area contributed by atoms with E-state index in [0.29, 0.717) is 12.1 Å². The summed E-state index contributed by atoms with van der Waals surface area (Å²) in [5.74, 6) is 0. The van der Waals surface area contributed by atoms with Gasteiger partial charge in [0.2, 0.25) is 0 Å². The standard InChI is InChI=1S/C12H21N/c1-9(2)7-6-8-12-10(3)11(4)13(12)5/h11-12H,1,3,6-8H2,2,4-5H3. The summed E-state index contributed by atoms with van der Waals surface area (Å²) in [6, 6.07) is 1.23. The van der Waals surface area contributed by atoms with E-state index in [0.717, 1.165) is 6.42 Å². The van der Waals surface area contributed by atoms with Crippen molar-refractivity contribution in [3.63, 3.8) is 0 Å². The van der Waals surface area contributed by atoms with Crippen molar-refractivity contribution in [1.82, 2.24) is 4.90 Å². The zero-order valence-corrected chi connectivity index (χ0v) is 9.14. The molecule has 1 rings (SSSR count). The Bertz CT molecular complexity index is 217. The lowest BCUT2D eigenvalue weighted by molar-refractivity contribution is 0.129. The van der Waals surface area contributed by atoms with E-state index in [-0.39, 0.29) is 0 Å². The third-order valence-corrected chi connectivity index (χ3v) is 3.15. The van der Waals surface area contributed by atoms with Crippen LogP contribution >= 0.6 is 0 Å². The van der Waals surface area contributed by atoms with Gasteiger partial charge in [-0.05, 0) is 45.7 Å². The second-order valence-electron chi connectivity index (χ2n) is 4.28. The maximum atomic E-state index is 4.11. The van der Waals surface area contributed by atoms with Crippen molar-refractivity contribution in [2.24, 2.45) is 0 Å². The molecule has 1 heteroatoms. The largest absolute Gasteiger partial charge is 0.293 e. The number of hydrogen-bond donors (Lipinski definition) is 0. The summed E-state index contributed by atoms with van der Waals surface area (Å²) >= 11 is 0. The monoisotopic (exact) mass is 179 g/mol. The molecule has 1 nitrogen and oxygen atoms in total. The lowest BCUT2D eigenvalue weighted by Crippen LogP contribution is -2.53. The van der Waals surface area contributed by atoms with Crippen LogP contribution in [0, 0.1) is 0 Å². The molecule has 2 unspecified atom stereocenters. The Hall–Kier alpha value is -0.560. The molecule has 1 aliphatic rings. The van der Waals surface area contributed by atoms with Gasteiger partial charge in [0, 0.05) is 12.1 Å². The predicted molar refractivity (Wildman–Crippen MR) is 58.8 cm³/mol. The maximum Gasteiger partial charge on any atom is 0.0323 e. The molecule has 0 bridgehead atoms. The molecule has 0 saturated carbocycles. The molecule has 13 heavy (non-hydrogen) atoms. The van der Waals surface area contributed by atoms with Crippen LogP contribution in [0.5, 0.6) is 0 Å². The first-order valence-corrected chi connectivity index (χ1v) is 5.09. The van der Waals surface area contributed by atoms with Crippen LogP contribution in [-0.4, -0.2) is 24.0 Å². The third kappa shape index (κ3) is 2.22. The van der Waals surface area contributed by atoms with Crippen LogP contribution in [0.15, 0.2) is 24.3 Å². The molecule has 0 N–H and O–H groups in total.